The smallest absolute Gasteiger partial charge is 0.316 e. The third-order valence-electron chi connectivity index (χ3n) is 2.84. The third kappa shape index (κ3) is 4.69. The Morgan fingerprint density at radius 3 is 2.29 bits per heavy atom. The second-order valence-electron chi connectivity index (χ2n) is 4.90. The van der Waals surface area contributed by atoms with Crippen molar-refractivity contribution in [1.29, 1.82) is 0 Å². The molecule has 1 aromatic rings. The molecular formula is C13H19F3N2O2S. The van der Waals surface area contributed by atoms with Gasteiger partial charge in [-0.05, 0) is 32.5 Å². The van der Waals surface area contributed by atoms with Crippen molar-refractivity contribution in [3.63, 3.8) is 0 Å². The number of sulfonamides is 1. The van der Waals surface area contributed by atoms with E-state index < -0.39 is 28.8 Å². The highest BCUT2D eigenvalue weighted by Gasteiger charge is 2.39. The van der Waals surface area contributed by atoms with Crippen LogP contribution in [0, 0.1) is 0 Å². The number of hydrogen-bond acceptors (Lipinski definition) is 3. The standard InChI is InChI=1S/C13H19F3N2O2S/c1-10(2)18(9-13(14,15)16)21(19,20)12-7-5-4-6-11(12)8-17-3/h4-7,10,17H,8-9H2,1-3H3. The lowest BCUT2D eigenvalue weighted by atomic mass is 10.2. The van der Waals surface area contributed by atoms with Gasteiger partial charge in [0.15, 0.2) is 0 Å². The molecule has 0 atom stereocenters. The first-order chi connectivity index (χ1) is 9.59. The zero-order valence-electron chi connectivity index (χ0n) is 12.1. The minimum absolute atomic E-state index is 0.0997. The van der Waals surface area contributed by atoms with Crippen molar-refractivity contribution in [3.8, 4) is 0 Å². The molecule has 0 saturated carbocycles. The molecule has 0 fully saturated rings. The highest BCUT2D eigenvalue weighted by Crippen LogP contribution is 2.26. The summed E-state index contributed by atoms with van der Waals surface area (Å²) in [6, 6.07) is 5.26. The summed E-state index contributed by atoms with van der Waals surface area (Å²) in [5, 5.41) is 2.81. The molecule has 0 aliphatic heterocycles. The van der Waals surface area contributed by atoms with Crippen LogP contribution < -0.4 is 5.32 Å². The fourth-order valence-corrected chi connectivity index (χ4v) is 3.79. The highest BCUT2D eigenvalue weighted by atomic mass is 32.2. The fraction of sp³-hybridized carbons (Fsp3) is 0.538. The first-order valence-corrected chi connectivity index (χ1v) is 7.84. The van der Waals surface area contributed by atoms with Crippen LogP contribution in [0.3, 0.4) is 0 Å². The summed E-state index contributed by atoms with van der Waals surface area (Å²) >= 11 is 0. The average Bonchev–Trinajstić information content (AvgIpc) is 2.35. The molecule has 1 aromatic carbocycles. The van der Waals surface area contributed by atoms with Gasteiger partial charge in [-0.1, -0.05) is 18.2 Å². The number of alkyl halides is 3. The predicted octanol–water partition coefficient (Wildman–Crippen LogP) is 2.37. The van der Waals surface area contributed by atoms with Crippen molar-refractivity contribution in [2.24, 2.45) is 0 Å². The molecule has 0 aromatic heterocycles. The van der Waals surface area contributed by atoms with Gasteiger partial charge in [-0.25, -0.2) is 8.42 Å². The highest BCUT2D eigenvalue weighted by molar-refractivity contribution is 7.89. The molecule has 1 N–H and O–H groups in total. The van der Waals surface area contributed by atoms with E-state index in [4.69, 9.17) is 0 Å². The van der Waals surface area contributed by atoms with Crippen LogP contribution in [0.15, 0.2) is 29.2 Å². The van der Waals surface area contributed by atoms with Crippen LogP contribution in [-0.2, 0) is 16.6 Å². The van der Waals surface area contributed by atoms with Gasteiger partial charge < -0.3 is 5.32 Å². The van der Waals surface area contributed by atoms with Crippen molar-refractivity contribution in [2.75, 3.05) is 13.6 Å². The minimum atomic E-state index is -4.59. The van der Waals surface area contributed by atoms with E-state index in [1.807, 2.05) is 0 Å². The summed E-state index contributed by atoms with van der Waals surface area (Å²) < 4.78 is 63.5. The topological polar surface area (TPSA) is 49.4 Å². The molecule has 0 aliphatic carbocycles. The molecule has 0 heterocycles. The average molecular weight is 324 g/mol. The Hall–Kier alpha value is -1.12. The summed E-state index contributed by atoms with van der Waals surface area (Å²) in [5.74, 6) is 0. The normalized spacial score (nSPS) is 13.1. The Labute approximate surface area is 123 Å². The van der Waals surface area contributed by atoms with Crippen molar-refractivity contribution >= 4 is 10.0 Å². The molecular weight excluding hydrogens is 305 g/mol. The van der Waals surface area contributed by atoms with Gasteiger partial charge in [-0.3, -0.25) is 0 Å². The van der Waals surface area contributed by atoms with E-state index in [0.717, 1.165) is 0 Å². The number of hydrogen-bond donors (Lipinski definition) is 1. The molecule has 0 bridgehead atoms. The number of halogens is 3. The molecule has 0 aliphatic rings. The van der Waals surface area contributed by atoms with Crippen molar-refractivity contribution in [3.05, 3.63) is 29.8 Å². The monoisotopic (exact) mass is 324 g/mol. The molecule has 1 rings (SSSR count). The SMILES string of the molecule is CNCc1ccccc1S(=O)(=O)N(CC(F)(F)F)C(C)C. The second kappa shape index (κ2) is 6.76. The van der Waals surface area contributed by atoms with Gasteiger partial charge in [-0.2, -0.15) is 17.5 Å². The van der Waals surface area contributed by atoms with E-state index in [-0.39, 0.29) is 11.4 Å². The van der Waals surface area contributed by atoms with E-state index in [1.165, 1.54) is 26.0 Å². The second-order valence-corrected chi connectivity index (χ2v) is 6.76. The van der Waals surface area contributed by atoms with E-state index in [9.17, 15) is 21.6 Å². The Kier molecular flexibility index (Phi) is 5.77. The van der Waals surface area contributed by atoms with Gasteiger partial charge in [-0.15, -0.1) is 0 Å². The quantitative estimate of drug-likeness (QED) is 0.874. The minimum Gasteiger partial charge on any atom is -0.316 e. The van der Waals surface area contributed by atoms with Crippen molar-refractivity contribution < 1.29 is 21.6 Å². The van der Waals surface area contributed by atoms with E-state index >= 15 is 0 Å². The molecule has 0 unspecified atom stereocenters. The first-order valence-electron chi connectivity index (χ1n) is 6.40. The van der Waals surface area contributed by atoms with Gasteiger partial charge in [0.2, 0.25) is 10.0 Å². The molecule has 0 spiro atoms. The molecule has 8 heteroatoms. The van der Waals surface area contributed by atoms with Gasteiger partial charge in [0, 0.05) is 12.6 Å². The Morgan fingerprint density at radius 1 is 1.24 bits per heavy atom. The molecule has 0 radical (unpaired) electrons. The van der Waals surface area contributed by atoms with Crippen molar-refractivity contribution in [1.82, 2.24) is 9.62 Å². The zero-order chi connectivity index (χ0) is 16.3. The molecule has 0 amide bonds. The molecule has 4 nitrogen and oxygen atoms in total. The third-order valence-corrected chi connectivity index (χ3v) is 4.96. The molecule has 120 valence electrons. The van der Waals surface area contributed by atoms with Crippen LogP contribution >= 0.6 is 0 Å². The van der Waals surface area contributed by atoms with Crippen LogP contribution in [0.2, 0.25) is 0 Å². The van der Waals surface area contributed by atoms with E-state index in [1.54, 1.807) is 19.2 Å². The Morgan fingerprint density at radius 2 is 1.81 bits per heavy atom. The first kappa shape index (κ1) is 17.9. The van der Waals surface area contributed by atoms with E-state index in [2.05, 4.69) is 5.32 Å². The maximum Gasteiger partial charge on any atom is 0.402 e. The number of rotatable bonds is 6. The van der Waals surface area contributed by atoms with Crippen LogP contribution in [0.1, 0.15) is 19.4 Å². The lowest BCUT2D eigenvalue weighted by molar-refractivity contribution is -0.138. The summed E-state index contributed by atoms with van der Waals surface area (Å²) in [7, 11) is -2.57. The van der Waals surface area contributed by atoms with Gasteiger partial charge >= 0.3 is 6.18 Å². The van der Waals surface area contributed by atoms with Crippen LogP contribution in [0.5, 0.6) is 0 Å². The molecule has 0 saturated heterocycles. The number of nitrogens with one attached hydrogen (secondary N) is 1. The summed E-state index contributed by atoms with van der Waals surface area (Å²) in [5.41, 5.74) is 0.438. The lowest BCUT2D eigenvalue weighted by Crippen LogP contribution is -2.43. The van der Waals surface area contributed by atoms with Crippen LogP contribution in [0.25, 0.3) is 0 Å². The zero-order valence-corrected chi connectivity index (χ0v) is 12.9. The lowest BCUT2D eigenvalue weighted by Gasteiger charge is -2.27. The fourth-order valence-electron chi connectivity index (χ4n) is 1.94. The largest absolute Gasteiger partial charge is 0.402 e. The maximum absolute atomic E-state index is 12.6. The van der Waals surface area contributed by atoms with Gasteiger partial charge in [0.1, 0.15) is 6.54 Å². The molecule has 21 heavy (non-hydrogen) atoms. The summed E-state index contributed by atoms with van der Waals surface area (Å²) in [4.78, 5) is -0.0997. The predicted molar refractivity (Wildman–Crippen MR) is 74.3 cm³/mol. The van der Waals surface area contributed by atoms with E-state index in [0.29, 0.717) is 9.87 Å². The summed E-state index contributed by atoms with van der Waals surface area (Å²) in [6.45, 7) is 1.60. The van der Waals surface area contributed by atoms with Crippen LogP contribution in [-0.4, -0.2) is 38.5 Å². The number of nitrogens with zero attached hydrogens (tertiary/aromatic N) is 1. The van der Waals surface area contributed by atoms with Crippen LogP contribution in [0.4, 0.5) is 13.2 Å². The Balaban J connectivity index is 3.30. The maximum atomic E-state index is 12.6. The van der Waals surface area contributed by atoms with Crippen molar-refractivity contribution in [2.45, 2.75) is 37.5 Å². The number of benzene rings is 1. The summed E-state index contributed by atoms with van der Waals surface area (Å²) in [6.07, 6.45) is -4.59. The Bertz CT molecular complexity index is 571. The van der Waals surface area contributed by atoms with Gasteiger partial charge in [0.25, 0.3) is 0 Å². The van der Waals surface area contributed by atoms with Gasteiger partial charge in [0.05, 0.1) is 4.90 Å².